The van der Waals surface area contributed by atoms with Gasteiger partial charge >= 0.3 is 0 Å². The van der Waals surface area contributed by atoms with Crippen LogP contribution in [-0.4, -0.2) is 9.97 Å². The van der Waals surface area contributed by atoms with Crippen LogP contribution in [0.2, 0.25) is 0 Å². The molecule has 0 N–H and O–H groups in total. The minimum atomic E-state index is 1.17. The first-order valence-electron chi connectivity index (χ1n) is 13.9. The van der Waals surface area contributed by atoms with Gasteiger partial charge in [-0.2, -0.15) is 0 Å². The molecule has 0 aliphatic carbocycles. The number of nitrogens with zero attached hydrogens (tertiary/aromatic N) is 2. The van der Waals surface area contributed by atoms with Crippen LogP contribution in [0.1, 0.15) is 0 Å². The van der Waals surface area contributed by atoms with Crippen molar-refractivity contribution in [1.82, 2.24) is 9.97 Å². The Hall–Kier alpha value is -4.90. The zero-order valence-corrected chi connectivity index (χ0v) is 24.2. The lowest BCUT2D eigenvalue weighted by atomic mass is 9.84. The van der Waals surface area contributed by atoms with Crippen LogP contribution in [0.4, 0.5) is 0 Å². The van der Waals surface area contributed by atoms with Gasteiger partial charge in [0.1, 0.15) is 0 Å². The first kappa shape index (κ1) is 24.9. The fourth-order valence-corrected chi connectivity index (χ4v) is 7.22. The number of aromatic nitrogens is 2. The van der Waals surface area contributed by atoms with Crippen LogP contribution in [0.25, 0.3) is 75.8 Å². The van der Waals surface area contributed by atoms with Crippen LogP contribution in [0.5, 0.6) is 0 Å². The molecule has 0 fully saturated rings. The third kappa shape index (κ3) is 4.33. The Balaban J connectivity index is 1.47. The fraction of sp³-hybridized carbons (Fsp3) is 0. The molecule has 0 bridgehead atoms. The molecule has 2 aromatic heterocycles. The van der Waals surface area contributed by atoms with Crippen molar-refractivity contribution in [2.75, 3.05) is 0 Å². The lowest BCUT2D eigenvalue weighted by Gasteiger charge is -2.19. The smallest absolute Gasteiger partial charge is 0.0797 e. The number of hydrogen-bond donors (Lipinski definition) is 0. The van der Waals surface area contributed by atoms with Crippen LogP contribution in [-0.2, 0) is 0 Å². The lowest BCUT2D eigenvalue weighted by Crippen LogP contribution is -1.92. The molecule has 198 valence electrons. The highest BCUT2D eigenvalue weighted by molar-refractivity contribution is 7.13. The van der Waals surface area contributed by atoms with Crippen molar-refractivity contribution in [2.24, 2.45) is 0 Å². The summed E-state index contributed by atoms with van der Waals surface area (Å²) in [7, 11) is 0. The Morgan fingerprint density at radius 3 is 1.43 bits per heavy atom. The molecule has 0 unspecified atom stereocenters. The van der Waals surface area contributed by atoms with E-state index >= 15 is 0 Å². The van der Waals surface area contributed by atoms with Crippen molar-refractivity contribution < 1.29 is 0 Å². The summed E-state index contributed by atoms with van der Waals surface area (Å²) in [6.45, 7) is 0. The third-order valence-corrected chi connectivity index (χ3v) is 9.51. The Morgan fingerprint density at radius 1 is 0.357 bits per heavy atom. The van der Waals surface area contributed by atoms with Crippen molar-refractivity contribution >= 4 is 44.2 Å². The van der Waals surface area contributed by atoms with E-state index in [1.165, 1.54) is 75.8 Å². The van der Waals surface area contributed by atoms with Crippen LogP contribution in [0, 0.1) is 0 Å². The van der Waals surface area contributed by atoms with E-state index in [0.717, 1.165) is 0 Å². The van der Waals surface area contributed by atoms with Gasteiger partial charge in [-0.15, -0.1) is 22.7 Å². The largest absolute Gasteiger partial charge is 0.252 e. The third-order valence-electron chi connectivity index (χ3n) is 7.87. The van der Waals surface area contributed by atoms with E-state index < -0.39 is 0 Å². The Bertz CT molecular complexity index is 2180. The summed E-state index contributed by atoms with van der Waals surface area (Å²) in [6.07, 6.45) is 3.90. The molecule has 0 saturated heterocycles. The summed E-state index contributed by atoms with van der Waals surface area (Å²) in [4.78, 5) is 11.0. The van der Waals surface area contributed by atoms with Crippen molar-refractivity contribution in [2.45, 2.75) is 0 Å². The highest BCUT2D eigenvalue weighted by Gasteiger charge is 2.18. The van der Waals surface area contributed by atoms with Crippen molar-refractivity contribution in [3.63, 3.8) is 0 Å². The summed E-state index contributed by atoms with van der Waals surface area (Å²) in [5.74, 6) is 0. The summed E-state index contributed by atoms with van der Waals surface area (Å²) < 4.78 is 0. The first-order valence-corrected chi connectivity index (χ1v) is 15.6. The maximum Gasteiger partial charge on any atom is 0.0797 e. The fourth-order valence-electron chi connectivity index (χ4n) is 5.98. The second-order valence-corrected chi connectivity index (χ2v) is 12.1. The molecular formula is C38H24N2S2. The highest BCUT2D eigenvalue weighted by atomic mass is 32.1. The normalized spacial score (nSPS) is 11.3. The second kappa shape index (κ2) is 10.5. The Labute approximate surface area is 252 Å². The topological polar surface area (TPSA) is 25.8 Å². The molecule has 8 aromatic rings. The second-order valence-electron chi connectivity index (χ2n) is 10.3. The number of fused-ring (bicyclic) bond motifs is 2. The average molecular weight is 573 g/mol. The van der Waals surface area contributed by atoms with Gasteiger partial charge in [0.2, 0.25) is 0 Å². The number of benzene rings is 6. The van der Waals surface area contributed by atoms with E-state index in [9.17, 15) is 0 Å². The quantitative estimate of drug-likeness (QED) is 0.192. The van der Waals surface area contributed by atoms with Crippen molar-refractivity contribution in [3.05, 3.63) is 145 Å². The van der Waals surface area contributed by atoms with E-state index in [4.69, 9.17) is 0 Å². The van der Waals surface area contributed by atoms with Gasteiger partial charge in [-0.05, 0) is 84.3 Å². The van der Waals surface area contributed by atoms with Crippen LogP contribution in [0.3, 0.4) is 0 Å². The molecule has 6 aromatic carbocycles. The van der Waals surface area contributed by atoms with Gasteiger partial charge in [0.05, 0.1) is 20.8 Å². The molecule has 0 saturated carbocycles. The summed E-state index contributed by atoms with van der Waals surface area (Å²) in [5, 5.41) is 4.98. The van der Waals surface area contributed by atoms with Gasteiger partial charge in [0.15, 0.2) is 0 Å². The van der Waals surface area contributed by atoms with Gasteiger partial charge < -0.3 is 0 Å². The van der Waals surface area contributed by atoms with E-state index in [1.54, 1.807) is 22.7 Å². The molecule has 0 atom stereocenters. The lowest BCUT2D eigenvalue weighted by molar-refractivity contribution is 1.42. The SMILES string of the molecule is c1ccc(-c2ccc3c(-c4cccc(-c5cncs5)c4)c4ccccc4c(-c4cccc(-c5cncs5)c4)c3c2)cc1. The van der Waals surface area contributed by atoms with Gasteiger partial charge in [0.25, 0.3) is 0 Å². The van der Waals surface area contributed by atoms with E-state index in [2.05, 4.69) is 131 Å². The zero-order chi connectivity index (χ0) is 27.9. The standard InChI is InChI=1S/C38H24N2S2/c1-2-8-25(9-3-1)26-16-17-33-34(20-26)38(30-13-7-11-28(19-30)36-22-40-24-42-36)32-15-5-4-14-31(32)37(33)29-12-6-10-27(18-29)35-21-39-23-41-35/h1-24H. The molecule has 0 radical (unpaired) electrons. The molecule has 0 spiro atoms. The minimum absolute atomic E-state index is 1.17. The monoisotopic (exact) mass is 572 g/mol. The Kier molecular flexibility index (Phi) is 6.21. The van der Waals surface area contributed by atoms with Gasteiger partial charge in [-0.25, -0.2) is 0 Å². The van der Waals surface area contributed by atoms with Crippen LogP contribution in [0.15, 0.2) is 145 Å². The van der Waals surface area contributed by atoms with E-state index in [0.29, 0.717) is 0 Å². The number of rotatable bonds is 5. The Morgan fingerprint density at radius 2 is 0.857 bits per heavy atom. The highest BCUT2D eigenvalue weighted by Crippen LogP contribution is 2.46. The number of thiazole rings is 2. The van der Waals surface area contributed by atoms with E-state index in [1.807, 2.05) is 23.4 Å². The van der Waals surface area contributed by atoms with Crippen molar-refractivity contribution in [1.29, 1.82) is 0 Å². The molecule has 42 heavy (non-hydrogen) atoms. The molecule has 0 aliphatic heterocycles. The molecule has 4 heteroatoms. The molecule has 8 rings (SSSR count). The predicted octanol–water partition coefficient (Wildman–Crippen LogP) is 11.2. The molecule has 0 aliphatic rings. The first-order chi connectivity index (χ1) is 20.8. The maximum absolute atomic E-state index is 4.33. The van der Waals surface area contributed by atoms with E-state index in [-0.39, 0.29) is 0 Å². The molecule has 0 amide bonds. The maximum atomic E-state index is 4.33. The molecule has 2 nitrogen and oxygen atoms in total. The van der Waals surface area contributed by atoms with Crippen molar-refractivity contribution in [3.8, 4) is 54.3 Å². The van der Waals surface area contributed by atoms with Gasteiger partial charge in [-0.3, -0.25) is 9.97 Å². The minimum Gasteiger partial charge on any atom is -0.252 e. The predicted molar refractivity (Wildman–Crippen MR) is 180 cm³/mol. The summed E-state index contributed by atoms with van der Waals surface area (Å²) in [5.41, 5.74) is 13.5. The summed E-state index contributed by atoms with van der Waals surface area (Å²) in [6, 6.07) is 44.2. The molecule has 2 heterocycles. The van der Waals surface area contributed by atoms with Crippen LogP contribution >= 0.6 is 22.7 Å². The zero-order valence-electron chi connectivity index (χ0n) is 22.6. The van der Waals surface area contributed by atoms with Crippen LogP contribution < -0.4 is 0 Å². The van der Waals surface area contributed by atoms with Gasteiger partial charge in [0, 0.05) is 12.4 Å². The average Bonchev–Trinajstić information content (AvgIpc) is 3.80. The number of hydrogen-bond acceptors (Lipinski definition) is 4. The van der Waals surface area contributed by atoms with Gasteiger partial charge in [-0.1, -0.05) is 103 Å². The summed E-state index contributed by atoms with van der Waals surface area (Å²) >= 11 is 3.34. The molecular weight excluding hydrogens is 549 g/mol.